The molecule has 0 radical (unpaired) electrons. The number of amides is 1. The standard InChI is InChI=1S/C35H41N3O4/c39-24-11-25-41-31-21-19-30(20-22-31)33-37-35(23-10-16-27-12-4-1-5-13-27,32(42-33)29-17-8-3-9-18-29)34(40)38-36-26-28-14-6-2-7-15-28/h1,3-5,8-10,12-13,16-22,28,32,36,39H,2,6-7,11,14-15,23-26H2,(H,38,40)/b16-10+/t32-,35-/m0/s1. The van der Waals surface area contributed by atoms with Gasteiger partial charge in [0.15, 0.2) is 11.6 Å². The van der Waals surface area contributed by atoms with Gasteiger partial charge in [-0.05, 0) is 54.2 Å². The lowest BCUT2D eigenvalue weighted by atomic mass is 9.84. The van der Waals surface area contributed by atoms with Crippen molar-refractivity contribution in [3.05, 3.63) is 108 Å². The molecule has 1 saturated carbocycles. The van der Waals surface area contributed by atoms with Crippen molar-refractivity contribution in [2.45, 2.75) is 56.6 Å². The summed E-state index contributed by atoms with van der Waals surface area (Å²) in [5.74, 6) is 1.46. The third kappa shape index (κ3) is 7.46. The monoisotopic (exact) mass is 567 g/mol. The van der Waals surface area contributed by atoms with Gasteiger partial charge < -0.3 is 14.6 Å². The second-order valence-corrected chi connectivity index (χ2v) is 11.1. The maximum absolute atomic E-state index is 14.2. The number of benzene rings is 3. The molecule has 0 bridgehead atoms. The average Bonchev–Trinajstić information content (AvgIpc) is 3.44. The molecule has 3 aromatic rings. The molecule has 1 aliphatic heterocycles. The minimum atomic E-state index is -1.22. The third-order valence-corrected chi connectivity index (χ3v) is 7.99. The summed E-state index contributed by atoms with van der Waals surface area (Å²) in [6, 6.07) is 27.4. The fourth-order valence-corrected chi connectivity index (χ4v) is 5.66. The summed E-state index contributed by atoms with van der Waals surface area (Å²) in [6.07, 6.45) is 10.5. The molecule has 0 saturated heterocycles. The minimum absolute atomic E-state index is 0.0853. The molecule has 1 heterocycles. The number of ether oxygens (including phenoxy) is 2. The fourth-order valence-electron chi connectivity index (χ4n) is 5.66. The van der Waals surface area contributed by atoms with Gasteiger partial charge in [0.05, 0.1) is 6.61 Å². The summed E-state index contributed by atoms with van der Waals surface area (Å²) in [7, 11) is 0. The molecule has 5 rings (SSSR count). The van der Waals surface area contributed by atoms with Crippen molar-refractivity contribution in [3.8, 4) is 5.75 Å². The van der Waals surface area contributed by atoms with Gasteiger partial charge in [-0.25, -0.2) is 10.4 Å². The number of hydrazine groups is 1. The molecule has 0 aromatic heterocycles. The van der Waals surface area contributed by atoms with Crippen LogP contribution in [0, 0.1) is 5.92 Å². The van der Waals surface area contributed by atoms with Crippen LogP contribution in [-0.4, -0.2) is 42.2 Å². The molecular formula is C35H41N3O4. The summed E-state index contributed by atoms with van der Waals surface area (Å²) in [4.78, 5) is 19.2. The summed E-state index contributed by atoms with van der Waals surface area (Å²) in [6.45, 7) is 1.27. The van der Waals surface area contributed by atoms with Crippen molar-refractivity contribution in [3.63, 3.8) is 0 Å². The number of aliphatic hydroxyl groups is 1. The van der Waals surface area contributed by atoms with E-state index in [2.05, 4.69) is 10.9 Å². The first-order valence-electron chi connectivity index (χ1n) is 15.1. The van der Waals surface area contributed by atoms with Gasteiger partial charge in [-0.1, -0.05) is 92.1 Å². The Bertz CT molecular complexity index is 1320. The van der Waals surface area contributed by atoms with Gasteiger partial charge in [0.1, 0.15) is 5.75 Å². The smallest absolute Gasteiger partial charge is 0.266 e. The third-order valence-electron chi connectivity index (χ3n) is 7.99. The van der Waals surface area contributed by atoms with Crippen LogP contribution in [0.2, 0.25) is 0 Å². The van der Waals surface area contributed by atoms with Crippen molar-refractivity contribution in [1.29, 1.82) is 0 Å². The van der Waals surface area contributed by atoms with Crippen LogP contribution in [-0.2, 0) is 9.53 Å². The predicted octanol–water partition coefficient (Wildman–Crippen LogP) is 6.01. The molecular weight excluding hydrogens is 526 g/mol. The van der Waals surface area contributed by atoms with Gasteiger partial charge in [-0.15, -0.1) is 0 Å². The zero-order valence-corrected chi connectivity index (χ0v) is 24.1. The fraction of sp³-hybridized carbons (Fsp3) is 0.371. The van der Waals surface area contributed by atoms with Gasteiger partial charge >= 0.3 is 0 Å². The Kier molecular flexibility index (Phi) is 10.4. The van der Waals surface area contributed by atoms with Crippen molar-refractivity contribution in [2.75, 3.05) is 19.8 Å². The molecule has 3 aromatic carbocycles. The Morgan fingerprint density at radius 3 is 2.40 bits per heavy atom. The molecule has 1 amide bonds. The van der Waals surface area contributed by atoms with Crippen molar-refractivity contribution in [2.24, 2.45) is 10.9 Å². The average molecular weight is 568 g/mol. The Hall–Kier alpha value is -3.94. The van der Waals surface area contributed by atoms with E-state index in [-0.39, 0.29) is 12.5 Å². The molecule has 3 N–H and O–H groups in total. The van der Waals surface area contributed by atoms with E-state index in [0.717, 1.165) is 23.2 Å². The van der Waals surface area contributed by atoms with Crippen LogP contribution in [0.1, 0.15) is 67.7 Å². The Morgan fingerprint density at radius 1 is 0.976 bits per heavy atom. The van der Waals surface area contributed by atoms with Crippen LogP contribution in [0.4, 0.5) is 0 Å². The first kappa shape index (κ1) is 29.5. The maximum atomic E-state index is 14.2. The van der Waals surface area contributed by atoms with E-state index < -0.39 is 11.6 Å². The van der Waals surface area contributed by atoms with Gasteiger partial charge in [-0.2, -0.15) is 0 Å². The van der Waals surface area contributed by atoms with Crippen LogP contribution in [0.5, 0.6) is 5.75 Å². The van der Waals surface area contributed by atoms with Crippen molar-refractivity contribution >= 4 is 17.9 Å². The van der Waals surface area contributed by atoms with Crippen LogP contribution in [0.15, 0.2) is 96.0 Å². The molecule has 42 heavy (non-hydrogen) atoms. The number of hydrogen-bond donors (Lipinski definition) is 3. The van der Waals surface area contributed by atoms with Crippen LogP contribution >= 0.6 is 0 Å². The van der Waals surface area contributed by atoms with E-state index in [4.69, 9.17) is 19.6 Å². The molecule has 1 fully saturated rings. The zero-order chi connectivity index (χ0) is 29.0. The number of nitrogens with one attached hydrogen (secondary N) is 2. The van der Waals surface area contributed by atoms with E-state index >= 15 is 0 Å². The first-order chi connectivity index (χ1) is 20.7. The molecule has 0 spiro atoms. The number of hydrogen-bond acceptors (Lipinski definition) is 6. The van der Waals surface area contributed by atoms with Crippen molar-refractivity contribution < 1.29 is 19.4 Å². The SMILES string of the molecule is O=C(NNCC1CCCCC1)[C@@]1(C/C=C/c2ccccc2)N=C(c2ccc(OCCCO)cc2)O[C@H]1c1ccccc1. The number of rotatable bonds is 13. The molecule has 220 valence electrons. The Labute approximate surface area is 248 Å². The first-order valence-corrected chi connectivity index (χ1v) is 15.1. The second-order valence-electron chi connectivity index (χ2n) is 11.1. The van der Waals surface area contributed by atoms with Gasteiger partial charge in [0.25, 0.3) is 5.91 Å². The van der Waals surface area contributed by atoms with Crippen LogP contribution in [0.3, 0.4) is 0 Å². The maximum Gasteiger partial charge on any atom is 0.266 e. The van der Waals surface area contributed by atoms with E-state index in [1.807, 2.05) is 97.1 Å². The highest BCUT2D eigenvalue weighted by atomic mass is 16.5. The van der Waals surface area contributed by atoms with Gasteiger partial charge in [0, 0.05) is 31.6 Å². The summed E-state index contributed by atoms with van der Waals surface area (Å²) in [5, 5.41) is 9.04. The normalized spacial score (nSPS) is 20.7. The second kappa shape index (κ2) is 14.8. The number of carbonyl (C=O) groups is 1. The molecule has 2 aliphatic rings. The lowest BCUT2D eigenvalue weighted by Gasteiger charge is -2.30. The quantitative estimate of drug-likeness (QED) is 0.174. The molecule has 2 atom stereocenters. The molecule has 7 heteroatoms. The van der Waals surface area contributed by atoms with E-state index in [0.29, 0.717) is 37.0 Å². The molecule has 0 unspecified atom stereocenters. The largest absolute Gasteiger partial charge is 0.494 e. The highest BCUT2D eigenvalue weighted by Crippen LogP contribution is 2.43. The van der Waals surface area contributed by atoms with E-state index in [1.165, 1.54) is 32.1 Å². The van der Waals surface area contributed by atoms with E-state index in [9.17, 15) is 4.79 Å². The number of aliphatic imine (C=N–C) groups is 1. The summed E-state index contributed by atoms with van der Waals surface area (Å²) in [5.41, 5.74) is 7.74. The van der Waals surface area contributed by atoms with Crippen molar-refractivity contribution in [1.82, 2.24) is 10.9 Å². The zero-order valence-electron chi connectivity index (χ0n) is 24.1. The summed E-state index contributed by atoms with van der Waals surface area (Å²) >= 11 is 0. The minimum Gasteiger partial charge on any atom is -0.494 e. The lowest BCUT2D eigenvalue weighted by Crippen LogP contribution is -2.53. The Balaban J connectivity index is 1.44. The number of nitrogens with zero attached hydrogens (tertiary/aromatic N) is 1. The van der Waals surface area contributed by atoms with Crippen LogP contribution in [0.25, 0.3) is 6.08 Å². The lowest BCUT2D eigenvalue weighted by molar-refractivity contribution is -0.130. The Morgan fingerprint density at radius 2 is 1.69 bits per heavy atom. The topological polar surface area (TPSA) is 92.2 Å². The molecule has 7 nitrogen and oxygen atoms in total. The number of aliphatic hydroxyl groups excluding tert-OH is 1. The highest BCUT2D eigenvalue weighted by molar-refractivity contribution is 6.01. The van der Waals surface area contributed by atoms with Gasteiger partial charge in [-0.3, -0.25) is 10.2 Å². The highest BCUT2D eigenvalue weighted by Gasteiger charge is 2.52. The number of carbonyl (C=O) groups excluding carboxylic acids is 1. The van der Waals surface area contributed by atoms with Gasteiger partial charge in [0.2, 0.25) is 5.90 Å². The van der Waals surface area contributed by atoms with E-state index in [1.54, 1.807) is 0 Å². The van der Waals surface area contributed by atoms with Crippen LogP contribution < -0.4 is 15.6 Å². The molecule has 1 aliphatic carbocycles. The predicted molar refractivity (Wildman–Crippen MR) is 166 cm³/mol. The summed E-state index contributed by atoms with van der Waals surface area (Å²) < 4.78 is 12.3.